The average Bonchev–Trinajstić information content (AvgIpc) is 2.42. The Morgan fingerprint density at radius 1 is 0.947 bits per heavy atom. The molecule has 0 unspecified atom stereocenters. The molecule has 0 aromatic heterocycles. The van der Waals surface area contributed by atoms with Gasteiger partial charge in [-0.1, -0.05) is 39.5 Å². The molecule has 0 spiro atoms. The van der Waals surface area contributed by atoms with Gasteiger partial charge in [-0.25, -0.2) is 0 Å². The summed E-state index contributed by atoms with van der Waals surface area (Å²) >= 11 is 0. The number of aryl methyl sites for hydroxylation is 2. The zero-order valence-corrected chi connectivity index (χ0v) is 12.2. The van der Waals surface area contributed by atoms with E-state index >= 15 is 0 Å². The lowest BCUT2D eigenvalue weighted by atomic mass is 9.99. The highest BCUT2D eigenvalue weighted by molar-refractivity contribution is 5.46. The molecule has 1 rings (SSSR count). The van der Waals surface area contributed by atoms with Gasteiger partial charge in [-0.15, -0.1) is 0 Å². The number of benzene rings is 1. The number of phenolic OH excluding ortho intramolecular Hbond substituents is 1. The summed E-state index contributed by atoms with van der Waals surface area (Å²) in [5.41, 5.74) is 2.13. The van der Waals surface area contributed by atoms with Crippen molar-refractivity contribution in [2.45, 2.75) is 65.2 Å². The summed E-state index contributed by atoms with van der Waals surface area (Å²) in [6.45, 7) is 4.37. The number of nitrogens with two attached hydrogens (primary N) is 1. The van der Waals surface area contributed by atoms with Crippen molar-refractivity contribution < 1.29 is 9.94 Å². The first kappa shape index (κ1) is 15.8. The van der Waals surface area contributed by atoms with E-state index in [1.807, 2.05) is 0 Å². The molecule has 0 aliphatic heterocycles. The number of hydrogen-bond donors (Lipinski definition) is 2. The Morgan fingerprint density at radius 2 is 1.53 bits per heavy atom. The molecule has 0 amide bonds. The van der Waals surface area contributed by atoms with Crippen molar-refractivity contribution in [3.05, 3.63) is 23.3 Å². The van der Waals surface area contributed by atoms with Crippen LogP contribution in [-0.2, 0) is 12.8 Å². The number of rotatable bonds is 9. The normalized spacial score (nSPS) is 10.7. The molecule has 3 heteroatoms. The topological polar surface area (TPSA) is 55.5 Å². The fourth-order valence-electron chi connectivity index (χ4n) is 2.30. The predicted octanol–water partition coefficient (Wildman–Crippen LogP) is 4.11. The lowest BCUT2D eigenvalue weighted by Gasteiger charge is -2.12. The Balaban J connectivity index is 2.77. The molecule has 0 radical (unpaired) electrons. The van der Waals surface area contributed by atoms with Crippen molar-refractivity contribution in [1.29, 1.82) is 0 Å². The zero-order chi connectivity index (χ0) is 14.1. The van der Waals surface area contributed by atoms with Crippen LogP contribution in [0.3, 0.4) is 0 Å². The van der Waals surface area contributed by atoms with E-state index < -0.39 is 0 Å². The van der Waals surface area contributed by atoms with Gasteiger partial charge in [-0.2, -0.15) is 5.90 Å². The number of unbranched alkanes of at least 4 members (excludes halogenated alkanes) is 4. The van der Waals surface area contributed by atoms with Crippen LogP contribution in [0.5, 0.6) is 11.5 Å². The Hall–Kier alpha value is -1.22. The molecule has 19 heavy (non-hydrogen) atoms. The van der Waals surface area contributed by atoms with Crippen LogP contribution in [0.15, 0.2) is 12.1 Å². The second kappa shape index (κ2) is 8.81. The van der Waals surface area contributed by atoms with Crippen LogP contribution in [0.2, 0.25) is 0 Å². The number of phenols is 1. The van der Waals surface area contributed by atoms with Crippen LogP contribution in [-0.4, -0.2) is 5.11 Å². The standard InChI is InChI=1S/C16H27NO2/c1-3-5-7-9-13-11-14(10-8-6-4-2)16(19-17)12-15(13)18/h11-12,18H,3-10,17H2,1-2H3. The highest BCUT2D eigenvalue weighted by Gasteiger charge is 2.10. The molecule has 0 aliphatic carbocycles. The fraction of sp³-hybridized carbons (Fsp3) is 0.625. The van der Waals surface area contributed by atoms with Gasteiger partial charge in [0.1, 0.15) is 5.75 Å². The summed E-state index contributed by atoms with van der Waals surface area (Å²) in [5.74, 6) is 6.19. The molecule has 1 aromatic carbocycles. The molecule has 1 aromatic rings. The molecule has 0 saturated heterocycles. The number of aromatic hydroxyl groups is 1. The van der Waals surface area contributed by atoms with Crippen molar-refractivity contribution in [2.24, 2.45) is 5.90 Å². The van der Waals surface area contributed by atoms with Crippen molar-refractivity contribution in [1.82, 2.24) is 0 Å². The van der Waals surface area contributed by atoms with Gasteiger partial charge in [0.05, 0.1) is 0 Å². The molecular weight excluding hydrogens is 238 g/mol. The Labute approximate surface area is 116 Å². The van der Waals surface area contributed by atoms with Gasteiger partial charge in [-0.05, 0) is 42.9 Å². The van der Waals surface area contributed by atoms with Crippen LogP contribution in [0.4, 0.5) is 0 Å². The molecule has 0 heterocycles. The second-order valence-corrected chi connectivity index (χ2v) is 5.12. The molecule has 0 bridgehead atoms. The van der Waals surface area contributed by atoms with Gasteiger partial charge >= 0.3 is 0 Å². The second-order valence-electron chi connectivity index (χ2n) is 5.12. The lowest BCUT2D eigenvalue weighted by molar-refractivity contribution is 0.327. The molecular formula is C16H27NO2. The minimum absolute atomic E-state index is 0.302. The molecule has 0 saturated carbocycles. The van der Waals surface area contributed by atoms with E-state index in [2.05, 4.69) is 19.9 Å². The van der Waals surface area contributed by atoms with Crippen LogP contribution in [0, 0.1) is 0 Å². The maximum atomic E-state index is 9.98. The quantitative estimate of drug-likeness (QED) is 0.522. The SMILES string of the molecule is CCCCCc1cc(CCCCC)c(ON)cc1O. The van der Waals surface area contributed by atoms with Gasteiger partial charge in [0.25, 0.3) is 0 Å². The van der Waals surface area contributed by atoms with Crippen LogP contribution >= 0.6 is 0 Å². The average molecular weight is 265 g/mol. The highest BCUT2D eigenvalue weighted by Crippen LogP contribution is 2.30. The van der Waals surface area contributed by atoms with Gasteiger partial charge < -0.3 is 9.94 Å². The summed E-state index contributed by atoms with van der Waals surface area (Å²) in [5, 5.41) is 9.98. The summed E-state index contributed by atoms with van der Waals surface area (Å²) in [7, 11) is 0. The third kappa shape index (κ3) is 5.11. The van der Waals surface area contributed by atoms with E-state index in [-0.39, 0.29) is 0 Å². The van der Waals surface area contributed by atoms with Gasteiger partial charge in [0, 0.05) is 6.07 Å². The van der Waals surface area contributed by atoms with E-state index in [9.17, 15) is 5.11 Å². The molecule has 108 valence electrons. The molecule has 3 nitrogen and oxygen atoms in total. The zero-order valence-electron chi connectivity index (χ0n) is 12.2. The van der Waals surface area contributed by atoms with Crippen LogP contribution in [0.25, 0.3) is 0 Å². The summed E-state index contributed by atoms with van der Waals surface area (Å²) < 4.78 is 0. The largest absolute Gasteiger partial charge is 0.508 e. The maximum Gasteiger partial charge on any atom is 0.153 e. The summed E-state index contributed by atoms with van der Waals surface area (Å²) in [6.07, 6.45) is 8.91. The van der Waals surface area contributed by atoms with Gasteiger partial charge in [0.15, 0.2) is 5.75 Å². The van der Waals surface area contributed by atoms with E-state index in [0.717, 1.165) is 36.8 Å². The maximum absolute atomic E-state index is 9.98. The lowest BCUT2D eigenvalue weighted by Crippen LogP contribution is -2.05. The summed E-state index contributed by atoms with van der Waals surface area (Å²) in [4.78, 5) is 4.88. The van der Waals surface area contributed by atoms with E-state index in [1.54, 1.807) is 6.07 Å². The van der Waals surface area contributed by atoms with E-state index in [4.69, 9.17) is 10.7 Å². The predicted molar refractivity (Wildman–Crippen MR) is 79.4 cm³/mol. The summed E-state index contributed by atoms with van der Waals surface area (Å²) in [6, 6.07) is 3.71. The monoisotopic (exact) mass is 265 g/mol. The molecule has 3 N–H and O–H groups in total. The van der Waals surface area contributed by atoms with Crippen molar-refractivity contribution in [3.63, 3.8) is 0 Å². The van der Waals surface area contributed by atoms with Crippen molar-refractivity contribution in [3.8, 4) is 11.5 Å². The molecule has 0 fully saturated rings. The smallest absolute Gasteiger partial charge is 0.153 e. The van der Waals surface area contributed by atoms with Gasteiger partial charge in [-0.3, -0.25) is 0 Å². The van der Waals surface area contributed by atoms with Crippen LogP contribution < -0.4 is 10.7 Å². The first-order valence-corrected chi connectivity index (χ1v) is 7.44. The first-order valence-electron chi connectivity index (χ1n) is 7.44. The van der Waals surface area contributed by atoms with Crippen molar-refractivity contribution in [2.75, 3.05) is 0 Å². The Kier molecular flexibility index (Phi) is 7.34. The highest BCUT2D eigenvalue weighted by atomic mass is 16.6. The van der Waals surface area contributed by atoms with Gasteiger partial charge in [0.2, 0.25) is 0 Å². The van der Waals surface area contributed by atoms with Crippen LogP contribution in [0.1, 0.15) is 63.5 Å². The molecule has 0 aliphatic rings. The molecule has 0 atom stereocenters. The first-order chi connectivity index (χ1) is 9.22. The third-order valence-electron chi connectivity index (χ3n) is 3.49. The Bertz CT molecular complexity index is 377. The fourth-order valence-corrected chi connectivity index (χ4v) is 2.30. The minimum atomic E-state index is 0.302. The van der Waals surface area contributed by atoms with Crippen molar-refractivity contribution >= 4 is 0 Å². The number of hydrogen-bond acceptors (Lipinski definition) is 3. The van der Waals surface area contributed by atoms with E-state index in [1.165, 1.54) is 25.7 Å². The third-order valence-corrected chi connectivity index (χ3v) is 3.49. The Morgan fingerprint density at radius 3 is 2.05 bits per heavy atom. The minimum Gasteiger partial charge on any atom is -0.508 e. The van der Waals surface area contributed by atoms with E-state index in [0.29, 0.717) is 11.5 Å².